The number of carbonyl (C=O) groups excluding carboxylic acids is 3. The van der Waals surface area contributed by atoms with Gasteiger partial charge in [0, 0.05) is 35.0 Å². The van der Waals surface area contributed by atoms with Crippen molar-refractivity contribution in [2.45, 2.75) is 76.1 Å². The molecule has 3 aliphatic heterocycles. The summed E-state index contributed by atoms with van der Waals surface area (Å²) in [4.78, 5) is 46.1. The van der Waals surface area contributed by atoms with Crippen LogP contribution in [0.4, 0.5) is 17.1 Å². The molecule has 0 saturated carbocycles. The second kappa shape index (κ2) is 13.7. The molecule has 3 amide bonds. The number of nitrogens with one attached hydrogen (secondary N) is 2. The van der Waals surface area contributed by atoms with Crippen molar-refractivity contribution in [1.82, 2.24) is 4.90 Å². The summed E-state index contributed by atoms with van der Waals surface area (Å²) >= 11 is 3.72. The maximum absolute atomic E-state index is 14.4. The van der Waals surface area contributed by atoms with Crippen molar-refractivity contribution < 1.29 is 29.0 Å². The molecule has 3 N–H and O–H groups in total. The highest BCUT2D eigenvalue weighted by molar-refractivity contribution is 9.09. The van der Waals surface area contributed by atoms with Crippen LogP contribution in [-0.4, -0.2) is 82.6 Å². The number of halogens is 1. The molecule has 3 heterocycles. The fourth-order valence-corrected chi connectivity index (χ4v) is 8.40. The first kappa shape index (κ1) is 33.2. The van der Waals surface area contributed by atoms with Gasteiger partial charge in [0.05, 0.1) is 37.2 Å². The summed E-state index contributed by atoms with van der Waals surface area (Å²) in [6, 6.07) is 13.1. The van der Waals surface area contributed by atoms with Crippen molar-refractivity contribution in [3.8, 4) is 5.75 Å². The lowest BCUT2D eigenvalue weighted by atomic mass is 9.70. The molecular weight excluding hydrogens is 640 g/mol. The van der Waals surface area contributed by atoms with Crippen LogP contribution in [0, 0.1) is 17.8 Å². The zero-order chi connectivity index (χ0) is 32.5. The van der Waals surface area contributed by atoms with Crippen LogP contribution in [-0.2, 0) is 19.1 Å². The fraction of sp³-hybridized carbons (Fsp3) is 0.559. The van der Waals surface area contributed by atoms with Gasteiger partial charge in [0.25, 0.3) is 0 Å². The van der Waals surface area contributed by atoms with E-state index >= 15 is 0 Å². The number of rotatable bonds is 13. The summed E-state index contributed by atoms with van der Waals surface area (Å²) in [7, 11) is 0. The lowest BCUT2D eigenvalue weighted by Crippen LogP contribution is -2.56. The molecule has 2 aromatic rings. The second-order valence-corrected chi connectivity index (χ2v) is 13.7. The van der Waals surface area contributed by atoms with Gasteiger partial charge in [-0.25, -0.2) is 0 Å². The summed E-state index contributed by atoms with van der Waals surface area (Å²) in [6.07, 6.45) is 0.290. The van der Waals surface area contributed by atoms with Crippen molar-refractivity contribution in [2.24, 2.45) is 17.8 Å². The highest BCUT2D eigenvalue weighted by atomic mass is 79.9. The van der Waals surface area contributed by atoms with E-state index in [-0.39, 0.29) is 29.2 Å². The van der Waals surface area contributed by atoms with Crippen LogP contribution in [0.2, 0.25) is 0 Å². The maximum Gasteiger partial charge on any atom is 0.250 e. The number of anilines is 3. The van der Waals surface area contributed by atoms with Gasteiger partial charge in [-0.1, -0.05) is 29.8 Å². The topological polar surface area (TPSA) is 120 Å². The first-order valence-corrected chi connectivity index (χ1v) is 16.9. The molecular formula is C34H45BrN4O6. The zero-order valence-corrected chi connectivity index (χ0v) is 28.2. The van der Waals surface area contributed by atoms with Gasteiger partial charge in [-0.2, -0.15) is 0 Å². The molecule has 45 heavy (non-hydrogen) atoms. The number of aliphatic hydroxyl groups is 1. The third-order valence-corrected chi connectivity index (χ3v) is 10.2. The van der Waals surface area contributed by atoms with E-state index in [1.807, 2.05) is 45.0 Å². The Hall–Kier alpha value is -3.15. The zero-order valence-electron chi connectivity index (χ0n) is 26.7. The lowest BCUT2D eigenvalue weighted by molar-refractivity contribution is -0.143. The maximum atomic E-state index is 14.4. The van der Waals surface area contributed by atoms with Crippen molar-refractivity contribution >= 4 is 50.7 Å². The van der Waals surface area contributed by atoms with E-state index in [0.29, 0.717) is 36.6 Å². The lowest BCUT2D eigenvalue weighted by Gasteiger charge is -2.37. The number of benzene rings is 2. The number of alkyl halides is 1. The Kier molecular flexibility index (Phi) is 10.1. The van der Waals surface area contributed by atoms with Gasteiger partial charge in [0.2, 0.25) is 17.7 Å². The number of nitrogens with zero attached hydrogens (tertiary/aromatic N) is 2. The van der Waals surface area contributed by atoms with Gasteiger partial charge in [-0.15, -0.1) is 0 Å². The van der Waals surface area contributed by atoms with Crippen molar-refractivity contribution in [3.63, 3.8) is 0 Å². The summed E-state index contributed by atoms with van der Waals surface area (Å²) in [5.74, 6) is -1.92. The van der Waals surface area contributed by atoms with E-state index in [1.165, 1.54) is 4.90 Å². The van der Waals surface area contributed by atoms with E-state index in [4.69, 9.17) is 9.47 Å². The number of fused-ring (bicyclic) bond motifs is 1. The van der Waals surface area contributed by atoms with Gasteiger partial charge in [0.15, 0.2) is 0 Å². The van der Waals surface area contributed by atoms with Crippen LogP contribution in [0.5, 0.6) is 5.75 Å². The highest BCUT2D eigenvalue weighted by Gasteiger charge is 2.77. The minimum atomic E-state index is -1.23. The van der Waals surface area contributed by atoms with Crippen LogP contribution in [0.1, 0.15) is 47.5 Å². The minimum Gasteiger partial charge on any atom is -0.494 e. The van der Waals surface area contributed by atoms with E-state index in [0.717, 1.165) is 18.8 Å². The Balaban J connectivity index is 1.47. The largest absolute Gasteiger partial charge is 0.494 e. The van der Waals surface area contributed by atoms with Gasteiger partial charge >= 0.3 is 0 Å². The number of hydrogen-bond acceptors (Lipinski definition) is 7. The van der Waals surface area contributed by atoms with E-state index in [9.17, 15) is 19.5 Å². The van der Waals surface area contributed by atoms with Crippen molar-refractivity contribution in [2.75, 3.05) is 41.8 Å². The van der Waals surface area contributed by atoms with Crippen LogP contribution < -0.4 is 20.3 Å². The van der Waals surface area contributed by atoms with Crippen LogP contribution >= 0.6 is 15.9 Å². The monoisotopic (exact) mass is 684 g/mol. The van der Waals surface area contributed by atoms with E-state index < -0.39 is 41.5 Å². The van der Waals surface area contributed by atoms with Gasteiger partial charge in [0.1, 0.15) is 17.4 Å². The minimum absolute atomic E-state index is 0.157. The van der Waals surface area contributed by atoms with Crippen LogP contribution in [0.3, 0.4) is 0 Å². The molecule has 1 spiro atoms. The van der Waals surface area contributed by atoms with Crippen LogP contribution in [0.25, 0.3) is 0 Å². The molecule has 11 heteroatoms. The molecule has 0 aliphatic carbocycles. The number of aliphatic hydroxyl groups excluding tert-OH is 1. The van der Waals surface area contributed by atoms with Crippen molar-refractivity contribution in [3.05, 3.63) is 48.5 Å². The predicted molar refractivity (Wildman–Crippen MR) is 178 cm³/mol. The first-order valence-electron chi connectivity index (χ1n) is 16.0. The van der Waals surface area contributed by atoms with E-state index in [2.05, 4.69) is 45.3 Å². The number of ether oxygens (including phenoxy) is 2. The molecule has 0 radical (unpaired) electrons. The SMILES string of the molecule is CCOc1ccc(NC(=O)[C@H]2[C@@H]3OC4(CC3Br)C(C(=O)Nc3ccc(N(CC)CC)cc3)N([C@@H](CO)CC(C)C)C(=O)[C@H]24)cc1. The molecule has 5 rings (SSSR count). The third kappa shape index (κ3) is 6.18. The number of likely N-dealkylation sites (tertiary alicyclic amines) is 1. The molecule has 10 nitrogen and oxygen atoms in total. The van der Waals surface area contributed by atoms with Gasteiger partial charge in [-0.3, -0.25) is 14.4 Å². The standard InChI is InChI=1S/C34H45BrN4O6/c1-6-38(7-2)23-13-9-21(10-14-23)37-32(42)30-34-18-26(35)29(45-34)27(28(34)33(43)39(30)24(19-40)17-20(4)5)31(41)36-22-11-15-25(16-12-22)44-8-3/h9-16,20,24,26-30,40H,6-8,17-19H2,1-5H3,(H,36,41)(H,37,42)/t24-,26?,27-,28+,29-,30?,34?/m1/s1. The Bertz CT molecular complexity index is 1370. The Morgan fingerprint density at radius 2 is 1.64 bits per heavy atom. The Morgan fingerprint density at radius 3 is 2.20 bits per heavy atom. The van der Waals surface area contributed by atoms with Crippen LogP contribution in [0.15, 0.2) is 48.5 Å². The molecule has 3 unspecified atom stereocenters. The average molecular weight is 686 g/mol. The molecule has 2 bridgehead atoms. The molecule has 0 aromatic heterocycles. The Morgan fingerprint density at radius 1 is 1.04 bits per heavy atom. The summed E-state index contributed by atoms with van der Waals surface area (Å²) in [6.45, 7) is 12.1. The highest BCUT2D eigenvalue weighted by Crippen LogP contribution is 2.60. The molecule has 244 valence electrons. The summed E-state index contributed by atoms with van der Waals surface area (Å²) < 4.78 is 12.1. The molecule has 2 aromatic carbocycles. The van der Waals surface area contributed by atoms with Gasteiger partial charge < -0.3 is 35.0 Å². The number of amides is 3. The third-order valence-electron chi connectivity index (χ3n) is 9.32. The van der Waals surface area contributed by atoms with E-state index in [1.54, 1.807) is 24.3 Å². The van der Waals surface area contributed by atoms with Gasteiger partial charge in [-0.05, 0) is 88.1 Å². The summed E-state index contributed by atoms with van der Waals surface area (Å²) in [5, 5.41) is 16.5. The first-order chi connectivity index (χ1) is 21.6. The number of hydrogen-bond donors (Lipinski definition) is 3. The molecule has 3 fully saturated rings. The Labute approximate surface area is 273 Å². The average Bonchev–Trinajstić information content (AvgIpc) is 3.61. The van der Waals surface area contributed by atoms with Crippen molar-refractivity contribution in [1.29, 1.82) is 0 Å². The molecule has 3 aliphatic rings. The molecule has 7 atom stereocenters. The fourth-order valence-electron chi connectivity index (χ4n) is 7.46. The smallest absolute Gasteiger partial charge is 0.250 e. The molecule has 3 saturated heterocycles. The second-order valence-electron chi connectivity index (χ2n) is 12.5. The normalized spacial score (nSPS) is 27.4. The summed E-state index contributed by atoms with van der Waals surface area (Å²) in [5.41, 5.74) is 0.990. The number of carbonyl (C=O) groups is 3. The predicted octanol–water partition coefficient (Wildman–Crippen LogP) is 4.66. The quantitative estimate of drug-likeness (QED) is 0.263.